The van der Waals surface area contributed by atoms with Gasteiger partial charge in [-0.3, -0.25) is 9.59 Å². The largest absolute Gasteiger partial charge is 0.356 e. The number of likely N-dealkylation sites (tertiary alicyclic amines) is 1. The maximum absolute atomic E-state index is 12.7. The van der Waals surface area contributed by atoms with Crippen molar-refractivity contribution in [1.82, 2.24) is 10.2 Å². The standard InChI is InChI=1S/C15H19FN2O2/c16-13-6-4-12(5-7-13)11-14(19)17-8-2-10-18-9-1-3-15(18)20/h4-7H,1-3,8-11H2,(H,17,19). The molecule has 0 radical (unpaired) electrons. The first-order chi connectivity index (χ1) is 9.65. The molecule has 1 aliphatic heterocycles. The predicted molar refractivity (Wildman–Crippen MR) is 73.5 cm³/mol. The number of carbonyl (C=O) groups is 2. The zero-order chi connectivity index (χ0) is 14.4. The summed E-state index contributed by atoms with van der Waals surface area (Å²) in [6.07, 6.45) is 2.61. The maximum Gasteiger partial charge on any atom is 0.224 e. The molecule has 1 heterocycles. The van der Waals surface area contributed by atoms with Gasteiger partial charge in [0, 0.05) is 26.1 Å². The van der Waals surface area contributed by atoms with Gasteiger partial charge in [-0.05, 0) is 30.5 Å². The van der Waals surface area contributed by atoms with Gasteiger partial charge in [0.1, 0.15) is 5.82 Å². The molecule has 108 valence electrons. The topological polar surface area (TPSA) is 49.4 Å². The lowest BCUT2D eigenvalue weighted by Crippen LogP contribution is -2.31. The Morgan fingerprint density at radius 1 is 1.30 bits per heavy atom. The van der Waals surface area contributed by atoms with E-state index >= 15 is 0 Å². The molecular formula is C15H19FN2O2. The molecule has 0 bridgehead atoms. The van der Waals surface area contributed by atoms with Crippen LogP contribution in [0.5, 0.6) is 0 Å². The van der Waals surface area contributed by atoms with Gasteiger partial charge in [-0.15, -0.1) is 0 Å². The van der Waals surface area contributed by atoms with Gasteiger partial charge in [-0.1, -0.05) is 12.1 Å². The third kappa shape index (κ3) is 4.33. The summed E-state index contributed by atoms with van der Waals surface area (Å²) in [5.74, 6) is -0.170. The molecule has 0 atom stereocenters. The first-order valence-corrected chi connectivity index (χ1v) is 6.94. The highest BCUT2D eigenvalue weighted by atomic mass is 19.1. The SMILES string of the molecule is O=C(Cc1ccc(F)cc1)NCCCN1CCCC1=O. The molecule has 1 N–H and O–H groups in total. The van der Waals surface area contributed by atoms with Crippen LogP contribution in [-0.4, -0.2) is 36.3 Å². The van der Waals surface area contributed by atoms with E-state index in [0.717, 1.165) is 24.9 Å². The van der Waals surface area contributed by atoms with Crippen molar-refractivity contribution in [1.29, 1.82) is 0 Å². The maximum atomic E-state index is 12.7. The highest BCUT2D eigenvalue weighted by molar-refractivity contribution is 5.78. The molecule has 1 aromatic carbocycles. The lowest BCUT2D eigenvalue weighted by molar-refractivity contribution is -0.127. The van der Waals surface area contributed by atoms with Gasteiger partial charge in [0.2, 0.25) is 11.8 Å². The molecule has 2 rings (SSSR count). The molecular weight excluding hydrogens is 259 g/mol. The van der Waals surface area contributed by atoms with Crippen molar-refractivity contribution in [2.75, 3.05) is 19.6 Å². The average Bonchev–Trinajstić information content (AvgIpc) is 2.83. The van der Waals surface area contributed by atoms with Gasteiger partial charge in [0.05, 0.1) is 6.42 Å². The summed E-state index contributed by atoms with van der Waals surface area (Å²) >= 11 is 0. The van der Waals surface area contributed by atoms with Crippen LogP contribution in [0.2, 0.25) is 0 Å². The van der Waals surface area contributed by atoms with Crippen LogP contribution >= 0.6 is 0 Å². The quantitative estimate of drug-likeness (QED) is 0.802. The van der Waals surface area contributed by atoms with Crippen LogP contribution in [0.4, 0.5) is 4.39 Å². The zero-order valence-corrected chi connectivity index (χ0v) is 11.4. The lowest BCUT2D eigenvalue weighted by Gasteiger charge is -2.15. The van der Waals surface area contributed by atoms with Crippen LogP contribution < -0.4 is 5.32 Å². The Bertz CT molecular complexity index is 473. The molecule has 2 amide bonds. The number of nitrogens with zero attached hydrogens (tertiary/aromatic N) is 1. The van der Waals surface area contributed by atoms with Crippen molar-refractivity contribution in [2.24, 2.45) is 0 Å². The molecule has 0 spiro atoms. The molecule has 0 unspecified atom stereocenters. The van der Waals surface area contributed by atoms with E-state index in [4.69, 9.17) is 0 Å². The van der Waals surface area contributed by atoms with E-state index in [1.54, 1.807) is 12.1 Å². The Labute approximate surface area is 118 Å². The Kier molecular flexibility index (Phi) is 5.09. The summed E-state index contributed by atoms with van der Waals surface area (Å²) in [5, 5.41) is 2.81. The van der Waals surface area contributed by atoms with Crippen LogP contribution in [-0.2, 0) is 16.0 Å². The van der Waals surface area contributed by atoms with E-state index in [9.17, 15) is 14.0 Å². The first kappa shape index (κ1) is 14.5. The summed E-state index contributed by atoms with van der Waals surface area (Å²) in [6.45, 7) is 2.10. The van der Waals surface area contributed by atoms with Crippen molar-refractivity contribution in [3.05, 3.63) is 35.6 Å². The van der Waals surface area contributed by atoms with Gasteiger partial charge in [0.15, 0.2) is 0 Å². The van der Waals surface area contributed by atoms with Crippen molar-refractivity contribution in [3.8, 4) is 0 Å². The van der Waals surface area contributed by atoms with Crippen molar-refractivity contribution in [3.63, 3.8) is 0 Å². The number of halogens is 1. The van der Waals surface area contributed by atoms with E-state index in [-0.39, 0.29) is 24.1 Å². The second-order valence-electron chi connectivity index (χ2n) is 4.99. The Hall–Kier alpha value is -1.91. The van der Waals surface area contributed by atoms with E-state index in [1.165, 1.54) is 12.1 Å². The summed E-state index contributed by atoms with van der Waals surface area (Å²) in [7, 11) is 0. The molecule has 1 aliphatic rings. The number of carbonyl (C=O) groups excluding carboxylic acids is 2. The summed E-state index contributed by atoms with van der Waals surface area (Å²) < 4.78 is 12.7. The molecule has 1 saturated heterocycles. The Morgan fingerprint density at radius 2 is 2.05 bits per heavy atom. The monoisotopic (exact) mass is 278 g/mol. The molecule has 0 aromatic heterocycles. The van der Waals surface area contributed by atoms with E-state index in [0.29, 0.717) is 19.5 Å². The highest BCUT2D eigenvalue weighted by Crippen LogP contribution is 2.09. The Balaban J connectivity index is 1.62. The molecule has 0 aliphatic carbocycles. The minimum atomic E-state index is -0.301. The van der Waals surface area contributed by atoms with E-state index < -0.39 is 0 Å². The number of nitrogens with one attached hydrogen (secondary N) is 1. The minimum Gasteiger partial charge on any atom is -0.356 e. The lowest BCUT2D eigenvalue weighted by atomic mass is 10.1. The smallest absolute Gasteiger partial charge is 0.224 e. The minimum absolute atomic E-state index is 0.0793. The fourth-order valence-corrected chi connectivity index (χ4v) is 2.29. The molecule has 1 fully saturated rings. The third-order valence-corrected chi connectivity index (χ3v) is 3.38. The average molecular weight is 278 g/mol. The fraction of sp³-hybridized carbons (Fsp3) is 0.467. The van der Waals surface area contributed by atoms with Gasteiger partial charge < -0.3 is 10.2 Å². The summed E-state index contributed by atoms with van der Waals surface area (Å²) in [5.41, 5.74) is 0.790. The number of hydrogen-bond acceptors (Lipinski definition) is 2. The third-order valence-electron chi connectivity index (χ3n) is 3.38. The molecule has 5 heteroatoms. The van der Waals surface area contributed by atoms with Crippen LogP contribution in [0.15, 0.2) is 24.3 Å². The van der Waals surface area contributed by atoms with E-state index in [2.05, 4.69) is 5.32 Å². The van der Waals surface area contributed by atoms with Gasteiger partial charge >= 0.3 is 0 Å². The molecule has 4 nitrogen and oxygen atoms in total. The first-order valence-electron chi connectivity index (χ1n) is 6.94. The Morgan fingerprint density at radius 3 is 2.70 bits per heavy atom. The zero-order valence-electron chi connectivity index (χ0n) is 11.4. The van der Waals surface area contributed by atoms with Gasteiger partial charge in [-0.2, -0.15) is 0 Å². The second kappa shape index (κ2) is 7.03. The fourth-order valence-electron chi connectivity index (χ4n) is 2.29. The number of rotatable bonds is 6. The van der Waals surface area contributed by atoms with Crippen LogP contribution in [0, 0.1) is 5.82 Å². The summed E-state index contributed by atoms with van der Waals surface area (Å²) in [4.78, 5) is 24.9. The van der Waals surface area contributed by atoms with Crippen molar-refractivity contribution in [2.45, 2.75) is 25.7 Å². The second-order valence-corrected chi connectivity index (χ2v) is 4.99. The number of amides is 2. The van der Waals surface area contributed by atoms with Crippen molar-refractivity contribution < 1.29 is 14.0 Å². The van der Waals surface area contributed by atoms with E-state index in [1.807, 2.05) is 4.90 Å². The van der Waals surface area contributed by atoms with Crippen molar-refractivity contribution >= 4 is 11.8 Å². The normalized spacial score (nSPS) is 14.7. The van der Waals surface area contributed by atoms with Crippen LogP contribution in [0.1, 0.15) is 24.8 Å². The van der Waals surface area contributed by atoms with Gasteiger partial charge in [0.25, 0.3) is 0 Å². The van der Waals surface area contributed by atoms with Crippen LogP contribution in [0.25, 0.3) is 0 Å². The highest BCUT2D eigenvalue weighted by Gasteiger charge is 2.18. The van der Waals surface area contributed by atoms with Crippen LogP contribution in [0.3, 0.4) is 0 Å². The predicted octanol–water partition coefficient (Wildman–Crippen LogP) is 1.50. The molecule has 20 heavy (non-hydrogen) atoms. The molecule has 1 aromatic rings. The number of hydrogen-bond donors (Lipinski definition) is 1. The molecule has 0 saturated carbocycles. The summed E-state index contributed by atoms with van der Waals surface area (Å²) in [6, 6.07) is 5.92. The number of benzene rings is 1. The van der Waals surface area contributed by atoms with Gasteiger partial charge in [-0.25, -0.2) is 4.39 Å².